The van der Waals surface area contributed by atoms with E-state index >= 15 is 0 Å². The van der Waals surface area contributed by atoms with Gasteiger partial charge in [0, 0.05) is 5.41 Å². The monoisotopic (exact) mass is 233 g/mol. The van der Waals surface area contributed by atoms with Crippen molar-refractivity contribution in [1.29, 1.82) is 0 Å². The summed E-state index contributed by atoms with van der Waals surface area (Å²) in [6, 6.07) is 6.65. The number of hydrogen-bond donors (Lipinski definition) is 0. The molecule has 0 radical (unpaired) electrons. The Hall–Kier alpha value is -0.890. The van der Waals surface area contributed by atoms with Crippen LogP contribution in [0.3, 0.4) is 0 Å². The van der Waals surface area contributed by atoms with Gasteiger partial charge < -0.3 is 0 Å². The standard InChI is InChI=1S/C14H19NS/c1-9(2)10-6-7-12-11(8-10)15-13(16-12)14(3,4)5/h6-9H,1-5H3. The molecule has 0 spiro atoms. The van der Waals surface area contributed by atoms with Gasteiger partial charge >= 0.3 is 0 Å². The summed E-state index contributed by atoms with van der Waals surface area (Å²) in [5.74, 6) is 0.573. The Kier molecular flexibility index (Phi) is 2.79. The minimum absolute atomic E-state index is 0.154. The van der Waals surface area contributed by atoms with Crippen LogP contribution in [0, 0.1) is 0 Å². The molecule has 0 aliphatic carbocycles. The molecule has 0 aliphatic heterocycles. The van der Waals surface area contributed by atoms with Crippen LogP contribution in [0.25, 0.3) is 10.2 Å². The third kappa shape index (κ3) is 2.12. The molecule has 0 N–H and O–H groups in total. The first-order valence-electron chi connectivity index (χ1n) is 5.79. The van der Waals surface area contributed by atoms with Gasteiger partial charge in [-0.25, -0.2) is 4.98 Å². The van der Waals surface area contributed by atoms with Crippen LogP contribution in [-0.4, -0.2) is 4.98 Å². The smallest absolute Gasteiger partial charge is 0.0992 e. The maximum atomic E-state index is 4.75. The van der Waals surface area contributed by atoms with E-state index in [1.54, 1.807) is 0 Å². The van der Waals surface area contributed by atoms with Crippen molar-refractivity contribution in [1.82, 2.24) is 4.98 Å². The second-order valence-corrected chi connectivity index (χ2v) is 6.68. The van der Waals surface area contributed by atoms with Crippen LogP contribution in [0.4, 0.5) is 0 Å². The highest BCUT2D eigenvalue weighted by molar-refractivity contribution is 7.18. The number of rotatable bonds is 1. The van der Waals surface area contributed by atoms with Crippen molar-refractivity contribution in [3.63, 3.8) is 0 Å². The van der Waals surface area contributed by atoms with Crippen molar-refractivity contribution in [2.45, 2.75) is 46.0 Å². The lowest BCUT2D eigenvalue weighted by molar-refractivity contribution is 0.587. The molecule has 2 aromatic rings. The van der Waals surface area contributed by atoms with Gasteiger partial charge in [0.15, 0.2) is 0 Å². The second-order valence-electron chi connectivity index (χ2n) is 5.65. The molecular formula is C14H19NS. The lowest BCUT2D eigenvalue weighted by Gasteiger charge is -2.13. The first-order valence-corrected chi connectivity index (χ1v) is 6.60. The molecule has 0 aliphatic rings. The SMILES string of the molecule is CC(C)c1ccc2sc(C(C)(C)C)nc2c1. The van der Waals surface area contributed by atoms with Gasteiger partial charge in [0.25, 0.3) is 0 Å². The van der Waals surface area contributed by atoms with Crippen LogP contribution < -0.4 is 0 Å². The quantitative estimate of drug-likeness (QED) is 0.694. The molecule has 0 atom stereocenters. The van der Waals surface area contributed by atoms with Gasteiger partial charge in [0.05, 0.1) is 15.2 Å². The Balaban J connectivity index is 2.54. The predicted molar refractivity (Wildman–Crippen MR) is 72.4 cm³/mol. The zero-order valence-corrected chi connectivity index (χ0v) is 11.5. The molecule has 2 heteroatoms. The molecule has 86 valence electrons. The van der Waals surface area contributed by atoms with Crippen molar-refractivity contribution in [2.24, 2.45) is 0 Å². The first-order chi connectivity index (χ1) is 7.38. The Morgan fingerprint density at radius 2 is 1.88 bits per heavy atom. The fraction of sp³-hybridized carbons (Fsp3) is 0.500. The van der Waals surface area contributed by atoms with Crippen LogP contribution >= 0.6 is 11.3 Å². The summed E-state index contributed by atoms with van der Waals surface area (Å²) in [5.41, 5.74) is 2.68. The topological polar surface area (TPSA) is 12.9 Å². The molecular weight excluding hydrogens is 214 g/mol. The number of benzene rings is 1. The Labute approximate surface area is 102 Å². The zero-order chi connectivity index (χ0) is 11.9. The number of aromatic nitrogens is 1. The van der Waals surface area contributed by atoms with Crippen molar-refractivity contribution in [3.8, 4) is 0 Å². The second kappa shape index (κ2) is 3.85. The average Bonchev–Trinajstić information content (AvgIpc) is 2.58. The molecule has 16 heavy (non-hydrogen) atoms. The highest BCUT2D eigenvalue weighted by atomic mass is 32.1. The van der Waals surface area contributed by atoms with Crippen molar-refractivity contribution < 1.29 is 0 Å². The van der Waals surface area contributed by atoms with E-state index in [4.69, 9.17) is 4.98 Å². The highest BCUT2D eigenvalue weighted by Crippen LogP contribution is 2.32. The summed E-state index contributed by atoms with van der Waals surface area (Å²) in [6.45, 7) is 11.1. The minimum atomic E-state index is 0.154. The zero-order valence-electron chi connectivity index (χ0n) is 10.7. The van der Waals surface area contributed by atoms with E-state index in [0.717, 1.165) is 5.52 Å². The molecule has 1 heterocycles. The van der Waals surface area contributed by atoms with E-state index in [9.17, 15) is 0 Å². The number of thiazole rings is 1. The fourth-order valence-corrected chi connectivity index (χ4v) is 2.63. The Morgan fingerprint density at radius 1 is 1.19 bits per heavy atom. The summed E-state index contributed by atoms with van der Waals surface area (Å²) >= 11 is 1.81. The lowest BCUT2D eigenvalue weighted by Crippen LogP contribution is -2.09. The fourth-order valence-electron chi connectivity index (χ4n) is 1.62. The van der Waals surface area contributed by atoms with Crippen LogP contribution in [-0.2, 0) is 5.41 Å². The normalized spacial score (nSPS) is 12.6. The van der Waals surface area contributed by atoms with E-state index in [-0.39, 0.29) is 5.41 Å². The third-order valence-electron chi connectivity index (χ3n) is 2.72. The summed E-state index contributed by atoms with van der Waals surface area (Å²) in [4.78, 5) is 4.75. The van der Waals surface area contributed by atoms with Crippen molar-refractivity contribution >= 4 is 21.6 Å². The average molecular weight is 233 g/mol. The maximum Gasteiger partial charge on any atom is 0.0992 e. The number of hydrogen-bond acceptors (Lipinski definition) is 2. The molecule has 0 saturated carbocycles. The molecule has 0 saturated heterocycles. The summed E-state index contributed by atoms with van der Waals surface area (Å²) in [7, 11) is 0. The van der Waals surface area contributed by atoms with E-state index in [1.165, 1.54) is 15.3 Å². The highest BCUT2D eigenvalue weighted by Gasteiger charge is 2.18. The van der Waals surface area contributed by atoms with Gasteiger partial charge in [-0.1, -0.05) is 40.7 Å². The molecule has 1 aromatic heterocycles. The van der Waals surface area contributed by atoms with Gasteiger partial charge in [-0.3, -0.25) is 0 Å². The van der Waals surface area contributed by atoms with Gasteiger partial charge in [0.1, 0.15) is 0 Å². The molecule has 0 amide bonds. The van der Waals surface area contributed by atoms with E-state index in [0.29, 0.717) is 5.92 Å². The Bertz CT molecular complexity index is 503. The van der Waals surface area contributed by atoms with Crippen molar-refractivity contribution in [3.05, 3.63) is 28.8 Å². The Morgan fingerprint density at radius 3 is 2.44 bits per heavy atom. The van der Waals surface area contributed by atoms with E-state index in [2.05, 4.69) is 52.8 Å². The van der Waals surface area contributed by atoms with Gasteiger partial charge in [-0.2, -0.15) is 0 Å². The molecule has 1 nitrogen and oxygen atoms in total. The largest absolute Gasteiger partial charge is 0.241 e. The number of nitrogens with zero attached hydrogens (tertiary/aromatic N) is 1. The third-order valence-corrected chi connectivity index (χ3v) is 4.18. The molecule has 1 aromatic carbocycles. The first kappa shape index (κ1) is 11.6. The maximum absolute atomic E-state index is 4.75. The van der Waals surface area contributed by atoms with E-state index in [1.807, 2.05) is 11.3 Å². The summed E-state index contributed by atoms with van der Waals surface area (Å²) in [5, 5.41) is 1.23. The van der Waals surface area contributed by atoms with Gasteiger partial charge in [-0.15, -0.1) is 11.3 Å². The molecule has 2 rings (SSSR count). The molecule has 0 unspecified atom stereocenters. The predicted octanol–water partition coefficient (Wildman–Crippen LogP) is 4.72. The summed E-state index contributed by atoms with van der Waals surface area (Å²) in [6.07, 6.45) is 0. The van der Waals surface area contributed by atoms with Crippen molar-refractivity contribution in [2.75, 3.05) is 0 Å². The van der Waals surface area contributed by atoms with Gasteiger partial charge in [-0.05, 0) is 23.6 Å². The van der Waals surface area contributed by atoms with E-state index < -0.39 is 0 Å². The van der Waals surface area contributed by atoms with Gasteiger partial charge in [0.2, 0.25) is 0 Å². The van der Waals surface area contributed by atoms with Crippen LogP contribution in [0.1, 0.15) is 51.1 Å². The number of fused-ring (bicyclic) bond motifs is 1. The molecule has 0 bridgehead atoms. The van der Waals surface area contributed by atoms with Crippen LogP contribution in [0.15, 0.2) is 18.2 Å². The molecule has 0 fully saturated rings. The lowest BCUT2D eigenvalue weighted by atomic mass is 9.98. The van der Waals surface area contributed by atoms with Crippen LogP contribution in [0.5, 0.6) is 0 Å². The summed E-state index contributed by atoms with van der Waals surface area (Å²) < 4.78 is 1.30. The minimum Gasteiger partial charge on any atom is -0.241 e. The van der Waals surface area contributed by atoms with Crippen LogP contribution in [0.2, 0.25) is 0 Å².